The number of benzene rings is 1. The van der Waals surface area contributed by atoms with E-state index in [1.807, 2.05) is 6.92 Å². The normalized spacial score (nSPS) is 12.4. The van der Waals surface area contributed by atoms with Gasteiger partial charge in [0, 0.05) is 0 Å². The van der Waals surface area contributed by atoms with Crippen LogP contribution in [0.1, 0.15) is 25.0 Å². The molecule has 0 aliphatic heterocycles. The van der Waals surface area contributed by atoms with Crippen molar-refractivity contribution in [2.24, 2.45) is 0 Å². The van der Waals surface area contributed by atoms with Crippen LogP contribution in [0.4, 0.5) is 0 Å². The second kappa shape index (κ2) is 4.66. The van der Waals surface area contributed by atoms with E-state index >= 15 is 0 Å². The Morgan fingerprint density at radius 3 is 2.54 bits per heavy atom. The second-order valence-electron chi connectivity index (χ2n) is 3.24. The SMILES string of the molecule is C/C=C\C(C)=C\c1ccccc1C. The molecule has 68 valence electrons. The fourth-order valence-corrected chi connectivity index (χ4v) is 1.31. The van der Waals surface area contributed by atoms with Crippen LogP contribution >= 0.6 is 0 Å². The number of rotatable bonds is 2. The number of allylic oxidation sites excluding steroid dienone is 3. The van der Waals surface area contributed by atoms with Gasteiger partial charge in [-0.3, -0.25) is 0 Å². The van der Waals surface area contributed by atoms with Crippen LogP contribution in [0.2, 0.25) is 0 Å². The first-order valence-corrected chi connectivity index (χ1v) is 4.60. The Bertz CT molecular complexity index is 330. The summed E-state index contributed by atoms with van der Waals surface area (Å²) in [7, 11) is 0. The minimum Gasteiger partial charge on any atom is -0.0874 e. The summed E-state index contributed by atoms with van der Waals surface area (Å²) in [6.07, 6.45) is 6.38. The van der Waals surface area contributed by atoms with Gasteiger partial charge in [0.1, 0.15) is 0 Å². The topological polar surface area (TPSA) is 0 Å². The maximum atomic E-state index is 2.20. The third-order valence-corrected chi connectivity index (χ3v) is 2.00. The fourth-order valence-electron chi connectivity index (χ4n) is 1.31. The van der Waals surface area contributed by atoms with Crippen molar-refractivity contribution in [1.82, 2.24) is 0 Å². The van der Waals surface area contributed by atoms with Crippen LogP contribution < -0.4 is 0 Å². The zero-order valence-electron chi connectivity index (χ0n) is 8.54. The molecule has 0 aliphatic rings. The smallest absolute Gasteiger partial charge is 0.0225 e. The third-order valence-electron chi connectivity index (χ3n) is 2.00. The molecule has 0 atom stereocenters. The molecule has 1 aromatic rings. The van der Waals surface area contributed by atoms with Crippen molar-refractivity contribution < 1.29 is 0 Å². The summed E-state index contributed by atoms with van der Waals surface area (Å²) in [4.78, 5) is 0. The molecule has 0 nitrogen and oxygen atoms in total. The van der Waals surface area contributed by atoms with Crippen LogP contribution in [0.5, 0.6) is 0 Å². The Balaban J connectivity index is 2.97. The zero-order valence-corrected chi connectivity index (χ0v) is 8.54. The second-order valence-corrected chi connectivity index (χ2v) is 3.24. The molecule has 0 saturated heterocycles. The van der Waals surface area contributed by atoms with E-state index < -0.39 is 0 Å². The molecule has 1 aromatic carbocycles. The fraction of sp³-hybridized carbons (Fsp3) is 0.231. The highest BCUT2D eigenvalue weighted by Gasteiger charge is 1.91. The highest BCUT2D eigenvalue weighted by molar-refractivity contribution is 5.58. The van der Waals surface area contributed by atoms with Crippen molar-refractivity contribution in [2.45, 2.75) is 20.8 Å². The van der Waals surface area contributed by atoms with Crippen molar-refractivity contribution in [3.05, 3.63) is 53.1 Å². The van der Waals surface area contributed by atoms with E-state index in [1.54, 1.807) is 0 Å². The lowest BCUT2D eigenvalue weighted by molar-refractivity contribution is 1.43. The zero-order chi connectivity index (χ0) is 9.68. The average molecular weight is 172 g/mol. The standard InChI is InChI=1S/C13H16/c1-4-7-11(2)10-13-9-6-5-8-12(13)3/h4-10H,1-3H3/b7-4-,11-10+. The van der Waals surface area contributed by atoms with Gasteiger partial charge in [0.25, 0.3) is 0 Å². The van der Waals surface area contributed by atoms with Crippen LogP contribution in [0, 0.1) is 6.92 Å². The summed E-state index contributed by atoms with van der Waals surface area (Å²) in [5, 5.41) is 0. The minimum absolute atomic E-state index is 1.29. The maximum Gasteiger partial charge on any atom is -0.0225 e. The monoisotopic (exact) mass is 172 g/mol. The van der Waals surface area contributed by atoms with E-state index in [2.05, 4.69) is 56.3 Å². The Morgan fingerprint density at radius 2 is 1.92 bits per heavy atom. The van der Waals surface area contributed by atoms with Gasteiger partial charge >= 0.3 is 0 Å². The van der Waals surface area contributed by atoms with E-state index in [0.717, 1.165) is 0 Å². The largest absolute Gasteiger partial charge is 0.0874 e. The molecule has 0 radical (unpaired) electrons. The first-order chi connectivity index (χ1) is 6.24. The predicted octanol–water partition coefficient (Wildman–Crippen LogP) is 3.97. The Kier molecular flexibility index (Phi) is 3.51. The Hall–Kier alpha value is -1.30. The number of hydrogen-bond acceptors (Lipinski definition) is 0. The van der Waals surface area contributed by atoms with Crippen molar-refractivity contribution in [3.8, 4) is 0 Å². The van der Waals surface area contributed by atoms with Gasteiger partial charge in [0.05, 0.1) is 0 Å². The number of aryl methyl sites for hydroxylation is 1. The van der Waals surface area contributed by atoms with Crippen LogP contribution in [-0.2, 0) is 0 Å². The van der Waals surface area contributed by atoms with Gasteiger partial charge in [-0.1, -0.05) is 48.1 Å². The van der Waals surface area contributed by atoms with Gasteiger partial charge in [-0.15, -0.1) is 0 Å². The average Bonchev–Trinajstić information content (AvgIpc) is 2.09. The highest BCUT2D eigenvalue weighted by Crippen LogP contribution is 2.12. The van der Waals surface area contributed by atoms with Crippen molar-refractivity contribution in [1.29, 1.82) is 0 Å². The molecule has 0 unspecified atom stereocenters. The predicted molar refractivity (Wildman–Crippen MR) is 59.6 cm³/mol. The van der Waals surface area contributed by atoms with Gasteiger partial charge < -0.3 is 0 Å². The van der Waals surface area contributed by atoms with Gasteiger partial charge in [-0.2, -0.15) is 0 Å². The van der Waals surface area contributed by atoms with Gasteiger partial charge in [-0.05, 0) is 31.9 Å². The molecule has 0 bridgehead atoms. The van der Waals surface area contributed by atoms with E-state index in [0.29, 0.717) is 0 Å². The molecular formula is C13H16. The highest BCUT2D eigenvalue weighted by atomic mass is 14.0. The summed E-state index contributed by atoms with van der Waals surface area (Å²) >= 11 is 0. The minimum atomic E-state index is 1.29. The van der Waals surface area contributed by atoms with E-state index in [-0.39, 0.29) is 0 Å². The summed E-state index contributed by atoms with van der Waals surface area (Å²) in [5.41, 5.74) is 3.92. The van der Waals surface area contributed by atoms with Crippen LogP contribution in [-0.4, -0.2) is 0 Å². The summed E-state index contributed by atoms with van der Waals surface area (Å²) in [6.45, 7) is 6.29. The maximum absolute atomic E-state index is 2.20. The van der Waals surface area contributed by atoms with E-state index in [9.17, 15) is 0 Å². The molecule has 1 rings (SSSR count). The van der Waals surface area contributed by atoms with Crippen LogP contribution in [0.15, 0.2) is 42.0 Å². The molecule has 0 aromatic heterocycles. The van der Waals surface area contributed by atoms with Crippen molar-refractivity contribution in [3.63, 3.8) is 0 Å². The van der Waals surface area contributed by atoms with E-state index in [4.69, 9.17) is 0 Å². The molecule has 0 spiro atoms. The quantitative estimate of drug-likeness (QED) is 0.592. The van der Waals surface area contributed by atoms with Crippen LogP contribution in [0.3, 0.4) is 0 Å². The first kappa shape index (κ1) is 9.79. The Labute approximate surface area is 80.6 Å². The molecular weight excluding hydrogens is 156 g/mol. The molecule has 0 N–H and O–H groups in total. The summed E-state index contributed by atoms with van der Waals surface area (Å²) in [6, 6.07) is 8.41. The lowest BCUT2D eigenvalue weighted by Crippen LogP contribution is -1.79. The van der Waals surface area contributed by atoms with Crippen molar-refractivity contribution >= 4 is 6.08 Å². The summed E-state index contributed by atoms with van der Waals surface area (Å²) < 4.78 is 0. The first-order valence-electron chi connectivity index (χ1n) is 4.60. The molecule has 0 amide bonds. The van der Waals surface area contributed by atoms with Gasteiger partial charge in [-0.25, -0.2) is 0 Å². The van der Waals surface area contributed by atoms with Gasteiger partial charge in [0.15, 0.2) is 0 Å². The lowest BCUT2D eigenvalue weighted by atomic mass is 10.1. The lowest BCUT2D eigenvalue weighted by Gasteiger charge is -1.99. The molecule has 0 heteroatoms. The van der Waals surface area contributed by atoms with Gasteiger partial charge in [0.2, 0.25) is 0 Å². The molecule has 0 saturated carbocycles. The Morgan fingerprint density at radius 1 is 1.23 bits per heavy atom. The van der Waals surface area contributed by atoms with Crippen molar-refractivity contribution in [2.75, 3.05) is 0 Å². The molecule has 0 fully saturated rings. The summed E-state index contributed by atoms with van der Waals surface area (Å²) in [5.74, 6) is 0. The molecule has 13 heavy (non-hydrogen) atoms. The number of hydrogen-bond donors (Lipinski definition) is 0. The molecule has 0 heterocycles. The molecule has 0 aliphatic carbocycles. The third kappa shape index (κ3) is 2.90. The van der Waals surface area contributed by atoms with E-state index in [1.165, 1.54) is 16.7 Å². The van der Waals surface area contributed by atoms with Crippen LogP contribution in [0.25, 0.3) is 6.08 Å².